The van der Waals surface area contributed by atoms with Gasteiger partial charge in [-0.2, -0.15) is 0 Å². The summed E-state index contributed by atoms with van der Waals surface area (Å²) in [5, 5.41) is 9.56. The van der Waals surface area contributed by atoms with Gasteiger partial charge in [0.1, 0.15) is 10.8 Å². The molecule has 0 atom stereocenters. The Hall–Kier alpha value is -2.40. The van der Waals surface area contributed by atoms with E-state index in [2.05, 4.69) is 4.98 Å². The van der Waals surface area contributed by atoms with Gasteiger partial charge in [0, 0.05) is 0 Å². The molecule has 0 aliphatic carbocycles. The summed E-state index contributed by atoms with van der Waals surface area (Å²) >= 11 is 1.60. The van der Waals surface area contributed by atoms with Gasteiger partial charge in [0.15, 0.2) is 0 Å². The number of hydrogen-bond donors (Lipinski definition) is 1. The van der Waals surface area contributed by atoms with Crippen LogP contribution in [-0.4, -0.2) is 22.7 Å². The van der Waals surface area contributed by atoms with E-state index in [0.717, 1.165) is 20.8 Å². The minimum atomic E-state index is -0.868. The van der Waals surface area contributed by atoms with E-state index in [-0.39, 0.29) is 13.0 Å². The summed E-state index contributed by atoms with van der Waals surface area (Å²) < 4.78 is 6.70. The lowest BCUT2D eigenvalue weighted by Crippen LogP contribution is -2.05. The highest BCUT2D eigenvalue weighted by Crippen LogP contribution is 2.35. The molecule has 0 saturated heterocycles. The fourth-order valence-electron chi connectivity index (χ4n) is 2.00. The molecule has 1 N–H and O–H groups in total. The third-order valence-electron chi connectivity index (χ3n) is 2.98. The van der Waals surface area contributed by atoms with Crippen molar-refractivity contribution in [1.82, 2.24) is 4.98 Å². The number of rotatable bonds is 5. The Morgan fingerprint density at radius 3 is 2.71 bits per heavy atom. The van der Waals surface area contributed by atoms with E-state index in [9.17, 15) is 4.79 Å². The van der Waals surface area contributed by atoms with Crippen molar-refractivity contribution in [3.05, 3.63) is 48.5 Å². The molecule has 106 valence electrons. The highest BCUT2D eigenvalue weighted by atomic mass is 32.1. The highest BCUT2D eigenvalue weighted by molar-refractivity contribution is 7.21. The molecule has 21 heavy (non-hydrogen) atoms. The van der Waals surface area contributed by atoms with E-state index in [1.165, 1.54) is 0 Å². The number of carbonyl (C=O) groups is 1. The zero-order valence-electron chi connectivity index (χ0n) is 11.2. The van der Waals surface area contributed by atoms with E-state index in [1.54, 1.807) is 11.3 Å². The predicted molar refractivity (Wildman–Crippen MR) is 82.8 cm³/mol. The smallest absolute Gasteiger partial charge is 0.306 e. The zero-order valence-corrected chi connectivity index (χ0v) is 12.0. The molecular weight excluding hydrogens is 286 g/mol. The SMILES string of the molecule is O=C(O)CCOc1ccccc1-c1nc2ccccc2s1. The van der Waals surface area contributed by atoms with Crippen molar-refractivity contribution < 1.29 is 14.6 Å². The molecule has 3 rings (SSSR count). The number of nitrogens with zero attached hydrogens (tertiary/aromatic N) is 1. The Labute approximate surface area is 125 Å². The van der Waals surface area contributed by atoms with Gasteiger partial charge in [0.25, 0.3) is 0 Å². The predicted octanol–water partition coefficient (Wildman–Crippen LogP) is 3.82. The molecule has 0 aliphatic rings. The number of para-hydroxylation sites is 2. The van der Waals surface area contributed by atoms with Gasteiger partial charge >= 0.3 is 5.97 Å². The van der Waals surface area contributed by atoms with Gasteiger partial charge in [0.2, 0.25) is 0 Å². The van der Waals surface area contributed by atoms with Crippen molar-refractivity contribution >= 4 is 27.5 Å². The Bertz CT molecular complexity index is 749. The van der Waals surface area contributed by atoms with Crippen molar-refractivity contribution in [2.45, 2.75) is 6.42 Å². The van der Waals surface area contributed by atoms with Crippen LogP contribution in [-0.2, 0) is 4.79 Å². The molecule has 2 aromatic carbocycles. The summed E-state index contributed by atoms with van der Waals surface area (Å²) in [5.74, 6) is -0.203. The van der Waals surface area contributed by atoms with Gasteiger partial charge in [-0.3, -0.25) is 4.79 Å². The van der Waals surface area contributed by atoms with E-state index in [0.29, 0.717) is 5.75 Å². The van der Waals surface area contributed by atoms with Gasteiger partial charge in [-0.15, -0.1) is 11.3 Å². The van der Waals surface area contributed by atoms with Crippen molar-refractivity contribution in [2.75, 3.05) is 6.61 Å². The molecule has 0 radical (unpaired) electrons. The van der Waals surface area contributed by atoms with Gasteiger partial charge in [-0.1, -0.05) is 24.3 Å². The van der Waals surface area contributed by atoms with Crippen molar-refractivity contribution in [3.8, 4) is 16.3 Å². The first-order valence-electron chi connectivity index (χ1n) is 6.53. The molecule has 0 aliphatic heterocycles. The third-order valence-corrected chi connectivity index (χ3v) is 4.05. The summed E-state index contributed by atoms with van der Waals surface area (Å²) in [5.41, 5.74) is 1.85. The van der Waals surface area contributed by atoms with Crippen molar-refractivity contribution in [2.24, 2.45) is 0 Å². The second-order valence-electron chi connectivity index (χ2n) is 4.48. The minimum Gasteiger partial charge on any atom is -0.492 e. The third kappa shape index (κ3) is 3.03. The summed E-state index contributed by atoms with van der Waals surface area (Å²) in [6, 6.07) is 15.5. The highest BCUT2D eigenvalue weighted by Gasteiger charge is 2.11. The van der Waals surface area contributed by atoms with Crippen LogP contribution in [0.5, 0.6) is 5.75 Å². The Kier molecular flexibility index (Phi) is 3.83. The maximum absolute atomic E-state index is 10.6. The molecular formula is C16H13NO3S. The lowest BCUT2D eigenvalue weighted by Gasteiger charge is -2.08. The average molecular weight is 299 g/mol. The number of thiazole rings is 1. The molecule has 3 aromatic rings. The largest absolute Gasteiger partial charge is 0.492 e. The van der Waals surface area contributed by atoms with Gasteiger partial charge < -0.3 is 9.84 Å². The topological polar surface area (TPSA) is 59.4 Å². The van der Waals surface area contributed by atoms with Crippen molar-refractivity contribution in [3.63, 3.8) is 0 Å². The first-order chi connectivity index (χ1) is 10.2. The first kappa shape index (κ1) is 13.6. The van der Waals surface area contributed by atoms with E-state index in [1.807, 2.05) is 48.5 Å². The fraction of sp³-hybridized carbons (Fsp3) is 0.125. The number of carboxylic acids is 1. The van der Waals surface area contributed by atoms with Gasteiger partial charge in [-0.05, 0) is 24.3 Å². The molecule has 1 aromatic heterocycles. The molecule has 0 spiro atoms. The Balaban J connectivity index is 1.92. The van der Waals surface area contributed by atoms with Crippen molar-refractivity contribution in [1.29, 1.82) is 0 Å². The summed E-state index contributed by atoms with van der Waals surface area (Å²) in [6.45, 7) is 0.150. The van der Waals surface area contributed by atoms with Crippen LogP contribution in [0.2, 0.25) is 0 Å². The van der Waals surface area contributed by atoms with Gasteiger partial charge in [0.05, 0.1) is 28.8 Å². The average Bonchev–Trinajstić information content (AvgIpc) is 2.91. The zero-order chi connectivity index (χ0) is 14.7. The summed E-state index contributed by atoms with van der Waals surface area (Å²) in [6.07, 6.45) is -0.0197. The molecule has 1 heterocycles. The molecule has 0 fully saturated rings. The van der Waals surface area contributed by atoms with Crippen LogP contribution in [0.1, 0.15) is 6.42 Å². The molecule has 0 unspecified atom stereocenters. The molecule has 0 saturated carbocycles. The summed E-state index contributed by atoms with van der Waals surface area (Å²) in [4.78, 5) is 15.2. The minimum absolute atomic E-state index is 0.0197. The van der Waals surface area contributed by atoms with Crippen LogP contribution in [0.15, 0.2) is 48.5 Å². The van der Waals surface area contributed by atoms with Crippen LogP contribution >= 0.6 is 11.3 Å². The van der Waals surface area contributed by atoms with Crippen LogP contribution in [0, 0.1) is 0 Å². The number of aromatic nitrogens is 1. The Morgan fingerprint density at radius 1 is 1.14 bits per heavy atom. The maximum Gasteiger partial charge on any atom is 0.306 e. The number of fused-ring (bicyclic) bond motifs is 1. The van der Waals surface area contributed by atoms with Crippen LogP contribution in [0.3, 0.4) is 0 Å². The van der Waals surface area contributed by atoms with E-state index in [4.69, 9.17) is 9.84 Å². The second kappa shape index (κ2) is 5.93. The lowest BCUT2D eigenvalue weighted by molar-refractivity contribution is -0.137. The lowest BCUT2D eigenvalue weighted by atomic mass is 10.2. The van der Waals surface area contributed by atoms with Crippen LogP contribution in [0.4, 0.5) is 0 Å². The number of ether oxygens (including phenoxy) is 1. The number of carboxylic acid groups (broad SMARTS) is 1. The number of hydrogen-bond acceptors (Lipinski definition) is 4. The standard InChI is InChI=1S/C16H13NO3S/c18-15(19)9-10-20-13-7-3-1-5-11(13)16-17-12-6-2-4-8-14(12)21-16/h1-8H,9-10H2,(H,18,19). The molecule has 5 heteroatoms. The summed E-state index contributed by atoms with van der Waals surface area (Å²) in [7, 11) is 0. The van der Waals surface area contributed by atoms with E-state index >= 15 is 0 Å². The van der Waals surface area contributed by atoms with Crippen LogP contribution in [0.25, 0.3) is 20.8 Å². The maximum atomic E-state index is 10.6. The first-order valence-corrected chi connectivity index (χ1v) is 7.35. The number of aliphatic carboxylic acids is 1. The molecule has 4 nitrogen and oxygen atoms in total. The van der Waals surface area contributed by atoms with Crippen LogP contribution < -0.4 is 4.74 Å². The molecule has 0 amide bonds. The second-order valence-corrected chi connectivity index (χ2v) is 5.51. The van der Waals surface area contributed by atoms with E-state index < -0.39 is 5.97 Å². The number of benzene rings is 2. The Morgan fingerprint density at radius 2 is 1.90 bits per heavy atom. The normalized spacial score (nSPS) is 10.7. The monoisotopic (exact) mass is 299 g/mol. The fourth-order valence-corrected chi connectivity index (χ4v) is 3.00. The molecule has 0 bridgehead atoms. The van der Waals surface area contributed by atoms with Gasteiger partial charge in [-0.25, -0.2) is 4.98 Å². The quantitative estimate of drug-likeness (QED) is 0.778.